The van der Waals surface area contributed by atoms with Crippen LogP contribution in [-0.4, -0.2) is 24.8 Å². The van der Waals surface area contributed by atoms with Gasteiger partial charge in [0.2, 0.25) is 0 Å². The molecular formula is C12H13NO2. The molecule has 3 nitrogen and oxygen atoms in total. The molecular weight excluding hydrogens is 190 g/mol. The standard InChI is InChI=1S/C12H13NO2/c1-9(2)13-6-10-3-11(7-14)5-12(4-10)8-15/h3-9H,1-2H3. The van der Waals surface area contributed by atoms with E-state index in [1.54, 1.807) is 24.4 Å². The number of hydrogen-bond donors (Lipinski definition) is 0. The lowest BCUT2D eigenvalue weighted by Gasteiger charge is -1.99. The van der Waals surface area contributed by atoms with Crippen LogP contribution in [-0.2, 0) is 0 Å². The van der Waals surface area contributed by atoms with Crippen LogP contribution >= 0.6 is 0 Å². The minimum absolute atomic E-state index is 0.199. The molecule has 0 saturated carbocycles. The van der Waals surface area contributed by atoms with Gasteiger partial charge in [-0.1, -0.05) is 0 Å². The molecule has 3 heteroatoms. The van der Waals surface area contributed by atoms with E-state index in [1.165, 1.54) is 0 Å². The summed E-state index contributed by atoms with van der Waals surface area (Å²) in [5.74, 6) is 0. The summed E-state index contributed by atoms with van der Waals surface area (Å²) in [5.41, 5.74) is 1.75. The topological polar surface area (TPSA) is 46.5 Å². The van der Waals surface area contributed by atoms with Crippen molar-refractivity contribution in [2.75, 3.05) is 0 Å². The fraction of sp³-hybridized carbons (Fsp3) is 0.250. The maximum Gasteiger partial charge on any atom is 0.150 e. The van der Waals surface area contributed by atoms with Crippen LogP contribution < -0.4 is 0 Å². The average Bonchev–Trinajstić information content (AvgIpc) is 2.25. The van der Waals surface area contributed by atoms with Crippen molar-refractivity contribution in [3.8, 4) is 0 Å². The molecule has 1 rings (SSSR count). The molecule has 0 heterocycles. The molecule has 15 heavy (non-hydrogen) atoms. The molecule has 1 aromatic rings. The highest BCUT2D eigenvalue weighted by molar-refractivity contribution is 5.89. The molecule has 0 saturated heterocycles. The SMILES string of the molecule is CC(C)N=Cc1cc(C=O)cc(C=O)c1. The van der Waals surface area contributed by atoms with E-state index < -0.39 is 0 Å². The summed E-state index contributed by atoms with van der Waals surface area (Å²) >= 11 is 0. The van der Waals surface area contributed by atoms with Crippen molar-refractivity contribution in [2.24, 2.45) is 4.99 Å². The summed E-state index contributed by atoms with van der Waals surface area (Å²) in [6, 6.07) is 5.15. The van der Waals surface area contributed by atoms with E-state index in [9.17, 15) is 9.59 Å². The van der Waals surface area contributed by atoms with Gasteiger partial charge in [0, 0.05) is 23.4 Å². The predicted octanol–water partition coefficient (Wildman–Crippen LogP) is 2.14. The van der Waals surface area contributed by atoms with Gasteiger partial charge < -0.3 is 0 Å². The van der Waals surface area contributed by atoms with Crippen LogP contribution in [0.4, 0.5) is 0 Å². The Morgan fingerprint density at radius 1 is 1.00 bits per heavy atom. The van der Waals surface area contributed by atoms with Crippen molar-refractivity contribution >= 4 is 18.8 Å². The molecule has 0 radical (unpaired) electrons. The monoisotopic (exact) mass is 203 g/mol. The number of hydrogen-bond acceptors (Lipinski definition) is 3. The number of carbonyl (C=O) groups is 2. The normalized spacial score (nSPS) is 10.9. The van der Waals surface area contributed by atoms with Gasteiger partial charge in [0.25, 0.3) is 0 Å². The Labute approximate surface area is 88.8 Å². The van der Waals surface area contributed by atoms with Gasteiger partial charge in [-0.3, -0.25) is 14.6 Å². The second-order valence-electron chi connectivity index (χ2n) is 3.54. The van der Waals surface area contributed by atoms with Crippen LogP contribution in [0.15, 0.2) is 23.2 Å². The first-order valence-electron chi connectivity index (χ1n) is 4.74. The second kappa shape index (κ2) is 5.20. The third-order valence-electron chi connectivity index (χ3n) is 1.79. The largest absolute Gasteiger partial charge is 0.298 e. The summed E-state index contributed by atoms with van der Waals surface area (Å²) in [5, 5.41) is 0. The van der Waals surface area contributed by atoms with Gasteiger partial charge in [-0.05, 0) is 37.6 Å². The van der Waals surface area contributed by atoms with Gasteiger partial charge in [-0.25, -0.2) is 0 Å². The lowest BCUT2D eigenvalue weighted by Crippen LogP contribution is -1.94. The minimum atomic E-state index is 0.199. The molecule has 1 aromatic carbocycles. The van der Waals surface area contributed by atoms with Crippen LogP contribution in [0.3, 0.4) is 0 Å². The Hall–Kier alpha value is -1.77. The highest BCUT2D eigenvalue weighted by Gasteiger charge is 1.98. The molecule has 0 bridgehead atoms. The zero-order valence-corrected chi connectivity index (χ0v) is 8.81. The van der Waals surface area contributed by atoms with Gasteiger partial charge in [-0.2, -0.15) is 0 Å². The number of rotatable bonds is 4. The van der Waals surface area contributed by atoms with E-state index in [0.29, 0.717) is 11.1 Å². The molecule has 78 valence electrons. The van der Waals surface area contributed by atoms with Crippen LogP contribution in [0.25, 0.3) is 0 Å². The fourth-order valence-corrected chi connectivity index (χ4v) is 1.15. The Kier molecular flexibility index (Phi) is 3.92. The Morgan fingerprint density at radius 2 is 1.47 bits per heavy atom. The first-order valence-corrected chi connectivity index (χ1v) is 4.74. The van der Waals surface area contributed by atoms with Crippen LogP contribution in [0.2, 0.25) is 0 Å². The fourth-order valence-electron chi connectivity index (χ4n) is 1.15. The number of aliphatic imine (C=N–C) groups is 1. The zero-order chi connectivity index (χ0) is 11.3. The van der Waals surface area contributed by atoms with Crippen molar-refractivity contribution in [2.45, 2.75) is 19.9 Å². The van der Waals surface area contributed by atoms with Crippen molar-refractivity contribution < 1.29 is 9.59 Å². The molecule has 0 aliphatic carbocycles. The molecule has 0 aliphatic heterocycles. The highest BCUT2D eigenvalue weighted by atomic mass is 16.1. The molecule has 0 unspecified atom stereocenters. The summed E-state index contributed by atoms with van der Waals surface area (Å²) in [6.45, 7) is 3.92. The predicted molar refractivity (Wildman–Crippen MR) is 59.9 cm³/mol. The van der Waals surface area contributed by atoms with E-state index >= 15 is 0 Å². The van der Waals surface area contributed by atoms with Gasteiger partial charge in [0.15, 0.2) is 0 Å². The molecule has 0 amide bonds. The Balaban J connectivity index is 3.06. The van der Waals surface area contributed by atoms with E-state index in [-0.39, 0.29) is 6.04 Å². The first-order chi connectivity index (χ1) is 7.15. The van der Waals surface area contributed by atoms with E-state index in [4.69, 9.17) is 0 Å². The number of nitrogens with zero attached hydrogens (tertiary/aromatic N) is 1. The lowest BCUT2D eigenvalue weighted by molar-refractivity contribution is 0.112. The molecule has 0 fully saturated rings. The summed E-state index contributed by atoms with van der Waals surface area (Å²) in [4.78, 5) is 25.4. The zero-order valence-electron chi connectivity index (χ0n) is 8.81. The molecule has 0 N–H and O–H groups in total. The summed E-state index contributed by atoms with van der Waals surface area (Å²) < 4.78 is 0. The highest BCUT2D eigenvalue weighted by Crippen LogP contribution is 2.06. The van der Waals surface area contributed by atoms with Gasteiger partial charge in [-0.15, -0.1) is 0 Å². The minimum Gasteiger partial charge on any atom is -0.298 e. The number of carbonyl (C=O) groups excluding carboxylic acids is 2. The van der Waals surface area contributed by atoms with E-state index in [0.717, 1.165) is 18.1 Å². The van der Waals surface area contributed by atoms with Crippen molar-refractivity contribution in [1.82, 2.24) is 0 Å². The molecule has 0 aromatic heterocycles. The van der Waals surface area contributed by atoms with E-state index in [1.807, 2.05) is 13.8 Å². The Morgan fingerprint density at radius 3 is 1.87 bits per heavy atom. The van der Waals surface area contributed by atoms with Crippen LogP contribution in [0.5, 0.6) is 0 Å². The van der Waals surface area contributed by atoms with Gasteiger partial charge in [0.05, 0.1) is 0 Å². The smallest absolute Gasteiger partial charge is 0.150 e. The lowest BCUT2D eigenvalue weighted by atomic mass is 10.1. The number of aldehydes is 2. The maximum atomic E-state index is 10.6. The van der Waals surface area contributed by atoms with Gasteiger partial charge in [0.1, 0.15) is 12.6 Å². The van der Waals surface area contributed by atoms with Crippen LogP contribution in [0, 0.1) is 0 Å². The van der Waals surface area contributed by atoms with Gasteiger partial charge >= 0.3 is 0 Å². The van der Waals surface area contributed by atoms with Crippen molar-refractivity contribution in [3.63, 3.8) is 0 Å². The molecule has 0 spiro atoms. The van der Waals surface area contributed by atoms with Crippen molar-refractivity contribution in [3.05, 3.63) is 34.9 Å². The first kappa shape index (κ1) is 11.3. The second-order valence-corrected chi connectivity index (χ2v) is 3.54. The third-order valence-corrected chi connectivity index (χ3v) is 1.79. The summed E-state index contributed by atoms with van der Waals surface area (Å²) in [6.07, 6.45) is 3.12. The average molecular weight is 203 g/mol. The van der Waals surface area contributed by atoms with Crippen LogP contribution in [0.1, 0.15) is 40.1 Å². The Bertz CT molecular complexity index is 368. The number of benzene rings is 1. The maximum absolute atomic E-state index is 10.6. The molecule has 0 aliphatic rings. The quantitative estimate of drug-likeness (QED) is 0.556. The molecule has 0 atom stereocenters. The van der Waals surface area contributed by atoms with E-state index in [2.05, 4.69) is 4.99 Å². The van der Waals surface area contributed by atoms with Crippen molar-refractivity contribution in [1.29, 1.82) is 0 Å². The third kappa shape index (κ3) is 3.46. The summed E-state index contributed by atoms with van der Waals surface area (Å²) in [7, 11) is 0.